The third-order valence-electron chi connectivity index (χ3n) is 3.93. The predicted molar refractivity (Wildman–Crippen MR) is 100 cm³/mol. The van der Waals surface area contributed by atoms with Crippen LogP contribution in [0.15, 0.2) is 53.6 Å². The Hall–Kier alpha value is -3.39. The standard InChI is InChI=1S/C18H16ClN5O3/c19-11-4-1-3-10(7-11)14(8-15(20)25)23-18(27)13-9-22-24-16(13)12-5-2-6-21-17(12)26/h1-7,9,14H,8H2,(H2,20,25)(H,21,26)(H,22,24)(H,23,27)/t14-/m0/s1. The number of nitrogens with zero attached hydrogens (tertiary/aromatic N) is 1. The number of halogens is 1. The highest BCUT2D eigenvalue weighted by molar-refractivity contribution is 6.30. The van der Waals surface area contributed by atoms with Crippen LogP contribution in [-0.2, 0) is 4.79 Å². The maximum absolute atomic E-state index is 12.8. The van der Waals surface area contributed by atoms with Crippen LogP contribution in [0.4, 0.5) is 0 Å². The molecule has 138 valence electrons. The fraction of sp³-hybridized carbons (Fsp3) is 0.111. The Morgan fingerprint density at radius 1 is 1.26 bits per heavy atom. The molecule has 2 aromatic heterocycles. The van der Waals surface area contributed by atoms with Gasteiger partial charge in [-0.05, 0) is 29.8 Å². The van der Waals surface area contributed by atoms with Crippen LogP contribution in [0.25, 0.3) is 11.3 Å². The number of primary amides is 1. The largest absolute Gasteiger partial charge is 0.370 e. The van der Waals surface area contributed by atoms with E-state index in [9.17, 15) is 14.4 Å². The van der Waals surface area contributed by atoms with E-state index in [4.69, 9.17) is 17.3 Å². The third-order valence-corrected chi connectivity index (χ3v) is 4.17. The summed E-state index contributed by atoms with van der Waals surface area (Å²) in [7, 11) is 0. The molecule has 9 heteroatoms. The number of H-pyrrole nitrogens is 2. The number of amides is 2. The summed E-state index contributed by atoms with van der Waals surface area (Å²) in [6.07, 6.45) is 2.70. The summed E-state index contributed by atoms with van der Waals surface area (Å²) in [6.45, 7) is 0. The first-order valence-corrected chi connectivity index (χ1v) is 8.39. The zero-order valence-corrected chi connectivity index (χ0v) is 14.8. The van der Waals surface area contributed by atoms with Gasteiger partial charge in [0.15, 0.2) is 0 Å². The van der Waals surface area contributed by atoms with Gasteiger partial charge < -0.3 is 16.0 Å². The van der Waals surface area contributed by atoms with E-state index in [1.54, 1.807) is 36.4 Å². The number of aromatic amines is 2. The number of hydrogen-bond acceptors (Lipinski definition) is 4. The Morgan fingerprint density at radius 2 is 2.07 bits per heavy atom. The summed E-state index contributed by atoms with van der Waals surface area (Å²) in [4.78, 5) is 38.8. The van der Waals surface area contributed by atoms with Crippen molar-refractivity contribution in [1.29, 1.82) is 0 Å². The molecule has 8 nitrogen and oxygen atoms in total. The minimum atomic E-state index is -0.675. The number of nitrogens with one attached hydrogen (secondary N) is 3. The van der Waals surface area contributed by atoms with Crippen LogP contribution in [0.5, 0.6) is 0 Å². The first-order chi connectivity index (χ1) is 13.0. The highest BCUT2D eigenvalue weighted by atomic mass is 35.5. The van der Waals surface area contributed by atoms with Crippen molar-refractivity contribution in [1.82, 2.24) is 20.5 Å². The van der Waals surface area contributed by atoms with Gasteiger partial charge in [0.2, 0.25) is 5.91 Å². The molecule has 27 heavy (non-hydrogen) atoms. The van der Waals surface area contributed by atoms with E-state index in [2.05, 4.69) is 20.5 Å². The van der Waals surface area contributed by atoms with E-state index in [0.29, 0.717) is 10.6 Å². The maximum Gasteiger partial charge on any atom is 0.257 e. The van der Waals surface area contributed by atoms with Crippen molar-refractivity contribution in [3.63, 3.8) is 0 Å². The lowest BCUT2D eigenvalue weighted by Crippen LogP contribution is -2.32. The molecule has 0 saturated carbocycles. The molecule has 0 aliphatic heterocycles. The molecular weight excluding hydrogens is 370 g/mol. The molecular formula is C18H16ClN5O3. The van der Waals surface area contributed by atoms with E-state index < -0.39 is 17.9 Å². The second-order valence-electron chi connectivity index (χ2n) is 5.82. The highest BCUT2D eigenvalue weighted by Gasteiger charge is 2.22. The van der Waals surface area contributed by atoms with E-state index in [-0.39, 0.29) is 28.8 Å². The number of nitrogens with two attached hydrogens (primary N) is 1. The number of benzene rings is 1. The Balaban J connectivity index is 1.91. The lowest BCUT2D eigenvalue weighted by atomic mass is 10.0. The fourth-order valence-corrected chi connectivity index (χ4v) is 2.89. The Bertz CT molecular complexity index is 1040. The van der Waals surface area contributed by atoms with Gasteiger partial charge in [-0.15, -0.1) is 0 Å². The second kappa shape index (κ2) is 7.88. The average molecular weight is 386 g/mol. The van der Waals surface area contributed by atoms with Gasteiger partial charge >= 0.3 is 0 Å². The summed E-state index contributed by atoms with van der Waals surface area (Å²) in [5.74, 6) is -1.08. The molecule has 0 spiro atoms. The van der Waals surface area contributed by atoms with Crippen molar-refractivity contribution in [2.45, 2.75) is 12.5 Å². The number of pyridine rings is 1. The minimum absolute atomic E-state index is 0.106. The van der Waals surface area contributed by atoms with Crippen molar-refractivity contribution >= 4 is 23.4 Å². The van der Waals surface area contributed by atoms with Crippen LogP contribution in [0.3, 0.4) is 0 Å². The molecule has 0 unspecified atom stereocenters. The van der Waals surface area contributed by atoms with Gasteiger partial charge in [0.1, 0.15) is 0 Å². The van der Waals surface area contributed by atoms with Crippen molar-refractivity contribution < 1.29 is 9.59 Å². The molecule has 2 amide bonds. The Labute approximate surface area is 158 Å². The summed E-state index contributed by atoms with van der Waals surface area (Å²) >= 11 is 6.00. The van der Waals surface area contributed by atoms with E-state index >= 15 is 0 Å². The summed E-state index contributed by atoms with van der Waals surface area (Å²) in [6, 6.07) is 9.31. The first kappa shape index (κ1) is 18.4. The molecule has 2 heterocycles. The van der Waals surface area contributed by atoms with E-state index in [0.717, 1.165) is 0 Å². The van der Waals surface area contributed by atoms with Crippen LogP contribution >= 0.6 is 11.6 Å². The van der Waals surface area contributed by atoms with Gasteiger partial charge in [-0.3, -0.25) is 19.5 Å². The molecule has 3 aromatic rings. The topological polar surface area (TPSA) is 134 Å². The molecule has 0 fully saturated rings. The lowest BCUT2D eigenvalue weighted by molar-refractivity contribution is -0.118. The van der Waals surface area contributed by atoms with Gasteiger partial charge in [0.25, 0.3) is 11.5 Å². The quantitative estimate of drug-likeness (QED) is 0.514. The van der Waals surface area contributed by atoms with Crippen LogP contribution in [0, 0.1) is 0 Å². The first-order valence-electron chi connectivity index (χ1n) is 8.02. The smallest absolute Gasteiger partial charge is 0.257 e. The SMILES string of the molecule is NC(=O)C[C@H](NC(=O)c1cn[nH]c1-c1ccc[nH]c1=O)c1cccc(Cl)c1. The molecule has 5 N–H and O–H groups in total. The molecule has 1 atom stereocenters. The van der Waals surface area contributed by atoms with Crippen LogP contribution < -0.4 is 16.6 Å². The van der Waals surface area contributed by atoms with Gasteiger partial charge in [0, 0.05) is 11.2 Å². The minimum Gasteiger partial charge on any atom is -0.370 e. The zero-order chi connectivity index (χ0) is 19.4. The third kappa shape index (κ3) is 4.24. The van der Waals surface area contributed by atoms with Crippen molar-refractivity contribution in [2.75, 3.05) is 0 Å². The van der Waals surface area contributed by atoms with Crippen LogP contribution in [-0.4, -0.2) is 27.0 Å². The number of rotatable bonds is 6. The molecule has 0 bridgehead atoms. The summed E-state index contributed by atoms with van der Waals surface area (Å²) in [5.41, 5.74) is 6.31. The molecule has 0 aliphatic rings. The zero-order valence-electron chi connectivity index (χ0n) is 14.0. The number of carbonyl (C=O) groups excluding carboxylic acids is 2. The van der Waals surface area contributed by atoms with Gasteiger partial charge in [-0.25, -0.2) is 0 Å². The highest BCUT2D eigenvalue weighted by Crippen LogP contribution is 2.23. The lowest BCUT2D eigenvalue weighted by Gasteiger charge is -2.18. The molecule has 1 aromatic carbocycles. The normalized spacial score (nSPS) is 11.7. The summed E-state index contributed by atoms with van der Waals surface area (Å²) < 4.78 is 0. The Kier molecular flexibility index (Phi) is 5.37. The monoisotopic (exact) mass is 385 g/mol. The average Bonchev–Trinajstić information content (AvgIpc) is 3.11. The molecule has 0 saturated heterocycles. The molecule has 0 radical (unpaired) electrons. The van der Waals surface area contributed by atoms with Gasteiger partial charge in [-0.2, -0.15) is 5.10 Å². The Morgan fingerprint density at radius 3 is 2.78 bits per heavy atom. The number of hydrogen-bond donors (Lipinski definition) is 4. The van der Waals surface area contributed by atoms with Crippen LogP contribution in [0.1, 0.15) is 28.4 Å². The second-order valence-corrected chi connectivity index (χ2v) is 6.26. The van der Waals surface area contributed by atoms with Crippen molar-refractivity contribution in [3.05, 3.63) is 75.3 Å². The fourth-order valence-electron chi connectivity index (χ4n) is 2.69. The molecule has 0 aliphatic carbocycles. The number of carbonyl (C=O) groups is 2. The van der Waals surface area contributed by atoms with Crippen molar-refractivity contribution in [2.24, 2.45) is 5.73 Å². The van der Waals surface area contributed by atoms with Crippen molar-refractivity contribution in [3.8, 4) is 11.3 Å². The van der Waals surface area contributed by atoms with E-state index in [1.807, 2.05) is 0 Å². The summed E-state index contributed by atoms with van der Waals surface area (Å²) in [5, 5.41) is 9.75. The van der Waals surface area contributed by atoms with Gasteiger partial charge in [-0.1, -0.05) is 23.7 Å². The predicted octanol–water partition coefficient (Wildman–Crippen LogP) is 1.76. The van der Waals surface area contributed by atoms with Crippen LogP contribution in [0.2, 0.25) is 5.02 Å². The van der Waals surface area contributed by atoms with Gasteiger partial charge in [0.05, 0.1) is 35.5 Å². The number of aromatic nitrogens is 3. The molecule has 3 rings (SSSR count). The van der Waals surface area contributed by atoms with E-state index in [1.165, 1.54) is 12.4 Å². The maximum atomic E-state index is 12.8.